The van der Waals surface area contributed by atoms with Crippen LogP contribution in [0.2, 0.25) is 5.02 Å². The number of hydrogen-bond acceptors (Lipinski definition) is 3. The number of benzene rings is 1. The highest BCUT2D eigenvalue weighted by Gasteiger charge is 1.99. The Kier molecular flexibility index (Phi) is 8.29. The highest BCUT2D eigenvalue weighted by molar-refractivity contribution is 7.80. The van der Waals surface area contributed by atoms with Crippen molar-refractivity contribution < 1.29 is 0 Å². The first-order valence-corrected chi connectivity index (χ1v) is 7.68. The standard InChI is InChI=1S/C13H20ClN5S2/c1-19(2)9-3-8-15-12(20)17-18-13(21)16-11-6-4-10(14)5-7-11/h4-7H,3,8-9H2,1-2H3,(H2,15,17,20)(H2,16,18,21). The average Bonchev–Trinajstić information content (AvgIpc) is 2.44. The molecule has 0 saturated heterocycles. The molecule has 0 radical (unpaired) electrons. The molecule has 0 atom stereocenters. The zero-order valence-corrected chi connectivity index (χ0v) is 14.5. The van der Waals surface area contributed by atoms with E-state index in [0.29, 0.717) is 15.2 Å². The molecule has 0 amide bonds. The van der Waals surface area contributed by atoms with Gasteiger partial charge in [0.1, 0.15) is 0 Å². The van der Waals surface area contributed by atoms with Crippen LogP contribution in [0.3, 0.4) is 0 Å². The number of rotatable bonds is 5. The summed E-state index contributed by atoms with van der Waals surface area (Å²) in [6, 6.07) is 7.26. The molecule has 0 aliphatic heterocycles. The molecule has 0 fully saturated rings. The molecule has 1 aromatic carbocycles. The van der Waals surface area contributed by atoms with E-state index in [9.17, 15) is 0 Å². The molecule has 0 heterocycles. The molecule has 4 N–H and O–H groups in total. The number of nitrogens with one attached hydrogen (secondary N) is 4. The molecular weight excluding hydrogens is 326 g/mol. The van der Waals surface area contributed by atoms with Crippen molar-refractivity contribution in [2.45, 2.75) is 6.42 Å². The van der Waals surface area contributed by atoms with E-state index in [-0.39, 0.29) is 0 Å². The number of nitrogens with zero attached hydrogens (tertiary/aromatic N) is 1. The van der Waals surface area contributed by atoms with Gasteiger partial charge in [0.15, 0.2) is 10.2 Å². The Labute approximate surface area is 141 Å². The minimum Gasteiger partial charge on any atom is -0.361 e. The van der Waals surface area contributed by atoms with Gasteiger partial charge < -0.3 is 15.5 Å². The third kappa shape index (κ3) is 8.67. The van der Waals surface area contributed by atoms with Crippen LogP contribution >= 0.6 is 36.0 Å². The van der Waals surface area contributed by atoms with Crippen LogP contribution in [-0.4, -0.2) is 42.3 Å². The molecule has 116 valence electrons. The van der Waals surface area contributed by atoms with E-state index >= 15 is 0 Å². The Morgan fingerprint density at radius 2 is 1.71 bits per heavy atom. The van der Waals surface area contributed by atoms with Crippen molar-refractivity contribution in [2.75, 3.05) is 32.5 Å². The minimum absolute atomic E-state index is 0.426. The van der Waals surface area contributed by atoms with E-state index in [1.165, 1.54) is 0 Å². The highest BCUT2D eigenvalue weighted by atomic mass is 35.5. The Morgan fingerprint density at radius 3 is 2.33 bits per heavy atom. The maximum atomic E-state index is 5.81. The third-order valence-electron chi connectivity index (χ3n) is 2.46. The van der Waals surface area contributed by atoms with Crippen LogP contribution in [0.25, 0.3) is 0 Å². The molecule has 0 bridgehead atoms. The summed E-state index contributed by atoms with van der Waals surface area (Å²) < 4.78 is 0. The van der Waals surface area contributed by atoms with Gasteiger partial charge >= 0.3 is 0 Å². The maximum Gasteiger partial charge on any atom is 0.189 e. The second kappa shape index (κ2) is 9.73. The van der Waals surface area contributed by atoms with Gasteiger partial charge in [-0.25, -0.2) is 0 Å². The summed E-state index contributed by atoms with van der Waals surface area (Å²) >= 11 is 16.1. The van der Waals surface area contributed by atoms with Gasteiger partial charge in [-0.3, -0.25) is 10.9 Å². The van der Waals surface area contributed by atoms with Crippen LogP contribution in [0.15, 0.2) is 24.3 Å². The minimum atomic E-state index is 0.426. The van der Waals surface area contributed by atoms with E-state index < -0.39 is 0 Å². The van der Waals surface area contributed by atoms with E-state index in [1.54, 1.807) is 12.1 Å². The lowest BCUT2D eigenvalue weighted by Gasteiger charge is -2.15. The second-order valence-corrected chi connectivity index (χ2v) is 5.88. The SMILES string of the molecule is CN(C)CCCNC(=S)NNC(=S)Nc1ccc(Cl)cc1. The molecule has 0 spiro atoms. The predicted molar refractivity (Wildman–Crippen MR) is 97.7 cm³/mol. The van der Waals surface area contributed by atoms with Crippen molar-refractivity contribution in [2.24, 2.45) is 0 Å². The van der Waals surface area contributed by atoms with Crippen molar-refractivity contribution in [3.8, 4) is 0 Å². The predicted octanol–water partition coefficient (Wildman–Crippen LogP) is 1.96. The molecular formula is C13H20ClN5S2. The highest BCUT2D eigenvalue weighted by Crippen LogP contribution is 2.12. The third-order valence-corrected chi connectivity index (χ3v) is 3.16. The molecule has 0 aromatic heterocycles. The smallest absolute Gasteiger partial charge is 0.189 e. The fourth-order valence-corrected chi connectivity index (χ4v) is 1.90. The van der Waals surface area contributed by atoms with Crippen LogP contribution in [0.5, 0.6) is 0 Å². The van der Waals surface area contributed by atoms with Gasteiger partial charge in [-0.05, 0) is 75.8 Å². The van der Waals surface area contributed by atoms with Gasteiger partial charge in [0.05, 0.1) is 0 Å². The van der Waals surface area contributed by atoms with E-state index in [4.69, 9.17) is 36.0 Å². The summed E-state index contributed by atoms with van der Waals surface area (Å²) in [6.07, 6.45) is 1.02. The van der Waals surface area contributed by atoms with Crippen molar-refractivity contribution >= 4 is 51.9 Å². The van der Waals surface area contributed by atoms with Crippen molar-refractivity contribution in [1.82, 2.24) is 21.1 Å². The van der Waals surface area contributed by atoms with Gasteiger partial charge in [-0.1, -0.05) is 11.6 Å². The first-order valence-electron chi connectivity index (χ1n) is 6.48. The molecule has 8 heteroatoms. The lowest BCUT2D eigenvalue weighted by atomic mass is 10.3. The van der Waals surface area contributed by atoms with Crippen molar-refractivity contribution in [3.05, 3.63) is 29.3 Å². The summed E-state index contributed by atoms with van der Waals surface area (Å²) in [5.41, 5.74) is 6.50. The summed E-state index contributed by atoms with van der Waals surface area (Å²) in [4.78, 5) is 2.13. The molecule has 1 rings (SSSR count). The fraction of sp³-hybridized carbons (Fsp3) is 0.385. The van der Waals surface area contributed by atoms with E-state index in [0.717, 1.165) is 25.2 Å². The van der Waals surface area contributed by atoms with Gasteiger partial charge in [0, 0.05) is 17.3 Å². The second-order valence-electron chi connectivity index (χ2n) is 4.62. The Balaban J connectivity index is 2.17. The van der Waals surface area contributed by atoms with E-state index in [1.807, 2.05) is 26.2 Å². The topological polar surface area (TPSA) is 51.4 Å². The van der Waals surface area contributed by atoms with E-state index in [2.05, 4.69) is 26.4 Å². The summed E-state index contributed by atoms with van der Waals surface area (Å²) in [6.45, 7) is 1.82. The maximum absolute atomic E-state index is 5.81. The Morgan fingerprint density at radius 1 is 1.10 bits per heavy atom. The number of anilines is 1. The summed E-state index contributed by atoms with van der Waals surface area (Å²) in [5, 5.41) is 7.72. The van der Waals surface area contributed by atoms with Gasteiger partial charge in [0.25, 0.3) is 0 Å². The fourth-order valence-electron chi connectivity index (χ4n) is 1.45. The number of hydrazine groups is 1. The average molecular weight is 346 g/mol. The molecule has 5 nitrogen and oxygen atoms in total. The number of halogens is 1. The van der Waals surface area contributed by atoms with Crippen LogP contribution < -0.4 is 21.5 Å². The Hall–Kier alpha value is -1.15. The molecule has 0 aliphatic carbocycles. The zero-order chi connectivity index (χ0) is 15.7. The largest absolute Gasteiger partial charge is 0.361 e. The zero-order valence-electron chi connectivity index (χ0n) is 12.1. The molecule has 0 saturated carbocycles. The molecule has 21 heavy (non-hydrogen) atoms. The molecule has 0 aliphatic rings. The van der Waals surface area contributed by atoms with Gasteiger partial charge in [0.2, 0.25) is 0 Å². The van der Waals surface area contributed by atoms with Crippen molar-refractivity contribution in [3.63, 3.8) is 0 Å². The molecule has 1 aromatic rings. The quantitative estimate of drug-likeness (QED) is 0.370. The van der Waals surface area contributed by atoms with Crippen LogP contribution in [0.4, 0.5) is 5.69 Å². The van der Waals surface area contributed by atoms with Crippen LogP contribution in [-0.2, 0) is 0 Å². The monoisotopic (exact) mass is 345 g/mol. The Bertz CT molecular complexity index is 464. The van der Waals surface area contributed by atoms with Crippen LogP contribution in [0.1, 0.15) is 6.42 Å². The summed E-state index contributed by atoms with van der Waals surface area (Å²) in [7, 11) is 4.08. The van der Waals surface area contributed by atoms with Crippen molar-refractivity contribution in [1.29, 1.82) is 0 Å². The molecule has 0 unspecified atom stereocenters. The normalized spacial score (nSPS) is 10.1. The number of hydrogen-bond donors (Lipinski definition) is 4. The lowest BCUT2D eigenvalue weighted by molar-refractivity contribution is 0.400. The number of thiocarbonyl (C=S) groups is 2. The van der Waals surface area contributed by atoms with Gasteiger partial charge in [-0.2, -0.15) is 0 Å². The first kappa shape index (κ1) is 17.9. The van der Waals surface area contributed by atoms with Gasteiger partial charge in [-0.15, -0.1) is 0 Å². The van der Waals surface area contributed by atoms with Crippen LogP contribution in [0, 0.1) is 0 Å². The first-order chi connectivity index (χ1) is 9.97. The summed E-state index contributed by atoms with van der Waals surface area (Å²) in [5.74, 6) is 0. The lowest BCUT2D eigenvalue weighted by Crippen LogP contribution is -2.48.